The van der Waals surface area contributed by atoms with Crippen LogP contribution in [0.25, 0.3) is 0 Å². The number of ether oxygens (including phenoxy) is 3. The maximum absolute atomic E-state index is 12.7. The second-order valence-corrected chi connectivity index (χ2v) is 9.90. The summed E-state index contributed by atoms with van der Waals surface area (Å²) in [6.07, 6.45) is 9.42. The molecule has 0 radical (unpaired) electrons. The van der Waals surface area contributed by atoms with Crippen LogP contribution in [0.4, 0.5) is 0 Å². The topological polar surface area (TPSA) is 44.8 Å². The van der Waals surface area contributed by atoms with Crippen molar-refractivity contribution in [2.45, 2.75) is 77.4 Å². The summed E-state index contributed by atoms with van der Waals surface area (Å²) in [5, 5.41) is 0. The van der Waals surface area contributed by atoms with E-state index in [1.54, 1.807) is 7.11 Å². The highest BCUT2D eigenvalue weighted by Gasteiger charge is 2.63. The van der Waals surface area contributed by atoms with Crippen LogP contribution in [-0.2, 0) is 19.0 Å². The summed E-state index contributed by atoms with van der Waals surface area (Å²) in [6, 6.07) is 0. The normalized spacial score (nSPS) is 50.8. The van der Waals surface area contributed by atoms with Crippen molar-refractivity contribution in [3.8, 4) is 0 Å². The monoisotopic (exact) mass is 364 g/mol. The lowest BCUT2D eigenvalue weighted by Gasteiger charge is -2.62. The summed E-state index contributed by atoms with van der Waals surface area (Å²) in [7, 11) is 3.56. The Labute approximate surface area is 158 Å². The molecule has 148 valence electrons. The van der Waals surface area contributed by atoms with Gasteiger partial charge in [-0.2, -0.15) is 0 Å². The number of ketones is 1. The molecule has 0 aromatic heterocycles. The fraction of sp³-hybridized carbons (Fsp3) is 0.955. The van der Waals surface area contributed by atoms with Gasteiger partial charge in [0.15, 0.2) is 0 Å². The molecule has 8 atom stereocenters. The number of carbonyl (C=O) groups excluding carboxylic acids is 1. The van der Waals surface area contributed by atoms with Gasteiger partial charge in [0, 0.05) is 26.1 Å². The van der Waals surface area contributed by atoms with Gasteiger partial charge < -0.3 is 14.2 Å². The number of carbonyl (C=O) groups is 1. The summed E-state index contributed by atoms with van der Waals surface area (Å²) in [5.74, 6) is 3.03. The Bertz CT molecular complexity index is 548. The molecule has 0 aromatic carbocycles. The van der Waals surface area contributed by atoms with Crippen LogP contribution in [0.15, 0.2) is 0 Å². The molecular weight excluding hydrogens is 328 g/mol. The highest BCUT2D eigenvalue weighted by Crippen LogP contribution is 2.66. The van der Waals surface area contributed by atoms with E-state index in [2.05, 4.69) is 13.8 Å². The van der Waals surface area contributed by atoms with Crippen molar-refractivity contribution in [2.24, 2.45) is 34.5 Å². The van der Waals surface area contributed by atoms with Gasteiger partial charge in [0.25, 0.3) is 0 Å². The minimum atomic E-state index is -0.135. The lowest BCUT2D eigenvalue weighted by molar-refractivity contribution is -0.190. The SMILES string of the molecule is COCO[C@@H]1CC[C@@]2(C)[C@@H](CC[C@@H]3[C@@H]2[C@@H](OC)C[C@]2(C)C(=O)CC[C@@H]32)C1. The molecular formula is C22H36O4. The smallest absolute Gasteiger partial charge is 0.146 e. The lowest BCUT2D eigenvalue weighted by Crippen LogP contribution is -2.59. The summed E-state index contributed by atoms with van der Waals surface area (Å²) in [5.41, 5.74) is 0.188. The fourth-order valence-electron chi connectivity index (χ4n) is 7.62. The van der Waals surface area contributed by atoms with E-state index < -0.39 is 0 Å². The Morgan fingerprint density at radius 3 is 2.65 bits per heavy atom. The third-order valence-electron chi connectivity index (χ3n) is 8.96. The van der Waals surface area contributed by atoms with Gasteiger partial charge in [0.05, 0.1) is 12.2 Å². The van der Waals surface area contributed by atoms with E-state index >= 15 is 0 Å². The highest BCUT2D eigenvalue weighted by atomic mass is 16.7. The molecule has 0 unspecified atom stereocenters. The zero-order chi connectivity index (χ0) is 18.5. The van der Waals surface area contributed by atoms with E-state index in [0.29, 0.717) is 47.8 Å². The van der Waals surface area contributed by atoms with Crippen LogP contribution in [-0.4, -0.2) is 39.0 Å². The molecule has 0 saturated heterocycles. The minimum absolute atomic E-state index is 0.135. The first-order valence-electron chi connectivity index (χ1n) is 10.6. The standard InChI is InChI=1S/C22H36O4/c1-21-10-9-15(26-13-24-3)11-14(21)5-6-16-17-7-8-19(23)22(17,2)12-18(25-4)20(16)21/h14-18,20H,5-13H2,1-4H3/t14-,15+,16-,17-,18-,20+,21-,22-/m0/s1. The molecule has 4 aliphatic carbocycles. The van der Waals surface area contributed by atoms with Crippen LogP contribution in [0.5, 0.6) is 0 Å². The zero-order valence-electron chi connectivity index (χ0n) is 17.0. The number of hydrogen-bond acceptors (Lipinski definition) is 4. The largest absolute Gasteiger partial charge is 0.381 e. The average Bonchev–Trinajstić information content (AvgIpc) is 2.93. The van der Waals surface area contributed by atoms with Crippen LogP contribution < -0.4 is 0 Å². The van der Waals surface area contributed by atoms with Crippen molar-refractivity contribution < 1.29 is 19.0 Å². The van der Waals surface area contributed by atoms with Crippen LogP contribution >= 0.6 is 0 Å². The van der Waals surface area contributed by atoms with Gasteiger partial charge in [-0.3, -0.25) is 4.79 Å². The van der Waals surface area contributed by atoms with E-state index in [1.165, 1.54) is 19.3 Å². The summed E-state index contributed by atoms with van der Waals surface area (Å²) in [6.45, 7) is 5.16. The molecule has 4 fully saturated rings. The molecule has 4 rings (SSSR count). The summed E-state index contributed by atoms with van der Waals surface area (Å²) < 4.78 is 17.1. The molecule has 0 heterocycles. The van der Waals surface area contributed by atoms with Crippen molar-refractivity contribution in [2.75, 3.05) is 21.0 Å². The van der Waals surface area contributed by atoms with Gasteiger partial charge in [-0.25, -0.2) is 0 Å². The zero-order valence-corrected chi connectivity index (χ0v) is 17.0. The second-order valence-electron chi connectivity index (χ2n) is 9.90. The Balaban J connectivity index is 1.59. The molecule has 0 aromatic rings. The van der Waals surface area contributed by atoms with Crippen molar-refractivity contribution in [1.29, 1.82) is 0 Å². The number of rotatable bonds is 4. The first-order chi connectivity index (χ1) is 12.4. The van der Waals surface area contributed by atoms with Gasteiger partial charge in [-0.15, -0.1) is 0 Å². The third-order valence-corrected chi connectivity index (χ3v) is 8.96. The maximum atomic E-state index is 12.7. The predicted molar refractivity (Wildman–Crippen MR) is 99.7 cm³/mol. The highest BCUT2D eigenvalue weighted by molar-refractivity contribution is 5.87. The van der Waals surface area contributed by atoms with Gasteiger partial charge in [-0.05, 0) is 74.0 Å². The number of hydrogen-bond donors (Lipinski definition) is 0. The van der Waals surface area contributed by atoms with E-state index in [-0.39, 0.29) is 11.5 Å². The first-order valence-corrected chi connectivity index (χ1v) is 10.6. The van der Waals surface area contributed by atoms with Gasteiger partial charge in [0.2, 0.25) is 0 Å². The summed E-state index contributed by atoms with van der Waals surface area (Å²) >= 11 is 0. The second kappa shape index (κ2) is 6.86. The lowest BCUT2D eigenvalue weighted by atomic mass is 9.44. The van der Waals surface area contributed by atoms with Crippen molar-refractivity contribution in [3.63, 3.8) is 0 Å². The number of methoxy groups -OCH3 is 2. The van der Waals surface area contributed by atoms with E-state index in [1.807, 2.05) is 7.11 Å². The molecule has 4 aliphatic rings. The molecule has 0 spiro atoms. The van der Waals surface area contributed by atoms with Gasteiger partial charge in [-0.1, -0.05) is 13.8 Å². The predicted octanol–water partition coefficient (Wildman–Crippen LogP) is 4.21. The Kier molecular flexibility index (Phi) is 4.98. The summed E-state index contributed by atoms with van der Waals surface area (Å²) in [4.78, 5) is 12.7. The van der Waals surface area contributed by atoms with Crippen LogP contribution in [0, 0.1) is 34.5 Å². The third kappa shape index (κ3) is 2.70. The molecule has 0 bridgehead atoms. The van der Waals surface area contributed by atoms with Gasteiger partial charge in [0.1, 0.15) is 12.6 Å². The molecule has 4 heteroatoms. The Morgan fingerprint density at radius 2 is 1.92 bits per heavy atom. The van der Waals surface area contributed by atoms with Crippen molar-refractivity contribution >= 4 is 5.78 Å². The first kappa shape index (κ1) is 18.9. The average molecular weight is 365 g/mol. The maximum Gasteiger partial charge on any atom is 0.146 e. The van der Waals surface area contributed by atoms with Crippen LogP contribution in [0.1, 0.15) is 65.2 Å². The number of fused-ring (bicyclic) bond motifs is 5. The quantitative estimate of drug-likeness (QED) is 0.701. The Morgan fingerprint density at radius 1 is 1.12 bits per heavy atom. The van der Waals surface area contributed by atoms with Crippen LogP contribution in [0.2, 0.25) is 0 Å². The van der Waals surface area contributed by atoms with Crippen molar-refractivity contribution in [1.82, 2.24) is 0 Å². The Hall–Kier alpha value is -0.450. The van der Waals surface area contributed by atoms with Crippen LogP contribution in [0.3, 0.4) is 0 Å². The minimum Gasteiger partial charge on any atom is -0.381 e. The van der Waals surface area contributed by atoms with Gasteiger partial charge >= 0.3 is 0 Å². The molecule has 4 nitrogen and oxygen atoms in total. The molecule has 0 N–H and O–H groups in total. The molecule has 0 aliphatic heterocycles. The van der Waals surface area contributed by atoms with Crippen molar-refractivity contribution in [3.05, 3.63) is 0 Å². The number of Topliss-reactive ketones (excluding diaryl/α,β-unsaturated/α-hetero) is 1. The molecule has 0 amide bonds. The van der Waals surface area contributed by atoms with E-state index in [0.717, 1.165) is 32.1 Å². The fourth-order valence-corrected chi connectivity index (χ4v) is 7.62. The van der Waals surface area contributed by atoms with E-state index in [9.17, 15) is 4.79 Å². The molecule has 4 saturated carbocycles. The molecule has 26 heavy (non-hydrogen) atoms. The van der Waals surface area contributed by atoms with E-state index in [4.69, 9.17) is 14.2 Å².